The molecule has 0 fully saturated rings. The Morgan fingerprint density at radius 3 is 2.32 bits per heavy atom. The number of nitrogens with two attached hydrogens (primary N) is 1. The minimum atomic E-state index is -4.47. The number of thiophene rings is 1. The zero-order chi connectivity index (χ0) is 24.3. The van der Waals surface area contributed by atoms with Gasteiger partial charge in [-0.05, 0) is 36.8 Å². The molecule has 0 aliphatic carbocycles. The first-order valence-electron chi connectivity index (χ1n) is 9.18. The van der Waals surface area contributed by atoms with Crippen LogP contribution in [-0.2, 0) is 6.18 Å². The molecule has 0 bridgehead atoms. The van der Waals surface area contributed by atoms with Gasteiger partial charge in [0.1, 0.15) is 17.0 Å². The summed E-state index contributed by atoms with van der Waals surface area (Å²) < 4.78 is 38.2. The van der Waals surface area contributed by atoms with Crippen LogP contribution in [0.5, 0.6) is 5.75 Å². The highest BCUT2D eigenvalue weighted by Gasteiger charge is 2.30. The zero-order valence-electron chi connectivity index (χ0n) is 17.3. The Morgan fingerprint density at radius 2 is 1.76 bits per heavy atom. The lowest BCUT2D eigenvalue weighted by molar-refractivity contribution is -0.497. The van der Waals surface area contributed by atoms with Crippen LogP contribution in [0.4, 0.5) is 18.9 Å². The maximum atomic E-state index is 12.7. The number of halogens is 3. The molecule has 1 aromatic heterocycles. The minimum Gasteiger partial charge on any atom is -0.630 e. The number of nitrogens with zero attached hydrogens (tertiary/aromatic N) is 1. The van der Waals surface area contributed by atoms with E-state index in [1.807, 2.05) is 0 Å². The van der Waals surface area contributed by atoms with Crippen LogP contribution in [0, 0.1) is 5.21 Å². The van der Waals surface area contributed by atoms with Crippen molar-refractivity contribution in [2.24, 2.45) is 5.10 Å². The van der Waals surface area contributed by atoms with Gasteiger partial charge in [0.05, 0.1) is 21.7 Å². The molecule has 34 heavy (non-hydrogen) atoms. The molecule has 0 unspecified atom stereocenters. The first-order valence-corrected chi connectivity index (χ1v) is 10.1. The van der Waals surface area contributed by atoms with Crippen LogP contribution in [0.15, 0.2) is 52.9 Å². The van der Waals surface area contributed by atoms with E-state index in [2.05, 4.69) is 10.5 Å². The molecule has 0 saturated carbocycles. The van der Waals surface area contributed by atoms with Gasteiger partial charge in [-0.2, -0.15) is 18.3 Å². The van der Waals surface area contributed by atoms with E-state index in [4.69, 9.17) is 5.11 Å². The van der Waals surface area contributed by atoms with Gasteiger partial charge in [0.15, 0.2) is 0 Å². The lowest BCUT2D eigenvalue weighted by Gasteiger charge is -2.08. The van der Waals surface area contributed by atoms with E-state index in [9.17, 15) is 33.1 Å². The number of aromatic hydroxyl groups is 1. The van der Waals surface area contributed by atoms with Crippen molar-refractivity contribution in [3.63, 3.8) is 0 Å². The quantitative estimate of drug-likeness (QED) is 0.233. The van der Waals surface area contributed by atoms with Gasteiger partial charge in [-0.1, -0.05) is 12.1 Å². The number of hydrogen-bond acceptors (Lipinski definition) is 6. The van der Waals surface area contributed by atoms with E-state index < -0.39 is 23.6 Å². The average Bonchev–Trinajstić information content (AvgIpc) is 3.17. The van der Waals surface area contributed by atoms with Crippen LogP contribution in [-0.4, -0.2) is 33.3 Å². The number of carboxylic acids is 1. The SMILES string of the molecule is C/C(=N\NC(=O)c1ccc(C(=O)O)c([NH2+][O-])c1)c1csc(-c2ccc(C(F)(F)F)cc2)c1O.O. The van der Waals surface area contributed by atoms with E-state index in [1.165, 1.54) is 25.1 Å². The minimum absolute atomic E-state index is 0. The molecule has 0 spiro atoms. The highest BCUT2D eigenvalue weighted by Crippen LogP contribution is 2.40. The predicted octanol–water partition coefficient (Wildman–Crippen LogP) is 2.86. The van der Waals surface area contributed by atoms with Crippen molar-refractivity contribution in [2.45, 2.75) is 13.1 Å². The van der Waals surface area contributed by atoms with Crippen molar-refractivity contribution in [3.8, 4) is 16.2 Å². The molecule has 0 atom stereocenters. The van der Waals surface area contributed by atoms with Gasteiger partial charge in [0, 0.05) is 17.0 Å². The number of aromatic carboxylic acids is 1. The maximum Gasteiger partial charge on any atom is 0.416 e. The topological polar surface area (TPSA) is 170 Å². The Balaban J connectivity index is 0.00000408. The molecule has 2 aromatic carbocycles. The summed E-state index contributed by atoms with van der Waals surface area (Å²) in [5, 5.41) is 36.1. The zero-order valence-corrected chi connectivity index (χ0v) is 18.1. The van der Waals surface area contributed by atoms with Crippen molar-refractivity contribution in [3.05, 3.63) is 75.3 Å². The second-order valence-electron chi connectivity index (χ2n) is 6.77. The number of carbonyl (C=O) groups excluding carboxylic acids is 1. The lowest BCUT2D eigenvalue weighted by Crippen LogP contribution is -2.70. The van der Waals surface area contributed by atoms with Gasteiger partial charge in [-0.3, -0.25) is 4.79 Å². The molecule has 0 aliphatic rings. The van der Waals surface area contributed by atoms with Crippen LogP contribution in [0.1, 0.15) is 38.8 Å². The number of nitrogens with one attached hydrogen (secondary N) is 1. The first-order chi connectivity index (χ1) is 15.5. The summed E-state index contributed by atoms with van der Waals surface area (Å²) in [6.45, 7) is 1.50. The Labute approximate surface area is 194 Å². The molecule has 7 N–H and O–H groups in total. The molecule has 0 aliphatic heterocycles. The Hall–Kier alpha value is -3.78. The third-order valence-electron chi connectivity index (χ3n) is 4.63. The smallest absolute Gasteiger partial charge is 0.416 e. The van der Waals surface area contributed by atoms with Crippen molar-refractivity contribution in [1.29, 1.82) is 0 Å². The van der Waals surface area contributed by atoms with Crippen LogP contribution < -0.4 is 10.9 Å². The lowest BCUT2D eigenvalue weighted by atomic mass is 10.1. The maximum absolute atomic E-state index is 12.7. The van der Waals surface area contributed by atoms with Crippen molar-refractivity contribution in [2.75, 3.05) is 0 Å². The molecule has 0 saturated heterocycles. The Bertz CT molecular complexity index is 1240. The molecule has 1 amide bonds. The average molecular weight is 497 g/mol. The largest absolute Gasteiger partial charge is 0.630 e. The molecular formula is C21H18F3N3O6S. The fourth-order valence-corrected chi connectivity index (χ4v) is 3.89. The number of rotatable bonds is 6. The molecule has 13 heteroatoms. The molecule has 9 nitrogen and oxygen atoms in total. The third kappa shape index (κ3) is 5.58. The fourth-order valence-electron chi connectivity index (χ4n) is 2.88. The van der Waals surface area contributed by atoms with E-state index in [-0.39, 0.29) is 39.3 Å². The summed E-state index contributed by atoms with van der Waals surface area (Å²) in [4.78, 5) is 23.7. The van der Waals surface area contributed by atoms with Crippen LogP contribution in [0.2, 0.25) is 0 Å². The standard InChI is InChI=1S/C21H16F3N3O5S.H2O/c1-10(25-26-19(29)12-4-7-14(20(30)31)16(8-12)27-32)15-9-33-18(17(15)28)11-2-5-13(6-3-11)21(22,23)24;/h2-9,28H,27H2,1H3,(H,26,29)(H,30,31);1H2/b25-10+;. The van der Waals surface area contributed by atoms with Gasteiger partial charge in [-0.15, -0.1) is 11.3 Å². The number of hydrogen-bond donors (Lipinski definition) is 4. The number of alkyl halides is 3. The van der Waals surface area contributed by atoms with Crippen molar-refractivity contribution < 1.29 is 43.9 Å². The summed E-state index contributed by atoms with van der Waals surface area (Å²) in [7, 11) is 0. The van der Waals surface area contributed by atoms with Gasteiger partial charge in [0.2, 0.25) is 0 Å². The summed E-state index contributed by atoms with van der Waals surface area (Å²) in [6.07, 6.45) is -4.47. The van der Waals surface area contributed by atoms with Crippen LogP contribution in [0.3, 0.4) is 0 Å². The summed E-state index contributed by atoms with van der Waals surface area (Å²) in [5.74, 6) is -2.23. The highest BCUT2D eigenvalue weighted by molar-refractivity contribution is 7.14. The normalized spacial score (nSPS) is 11.6. The van der Waals surface area contributed by atoms with Crippen molar-refractivity contribution in [1.82, 2.24) is 5.43 Å². The third-order valence-corrected chi connectivity index (χ3v) is 5.64. The van der Waals surface area contributed by atoms with Crippen LogP contribution >= 0.6 is 11.3 Å². The van der Waals surface area contributed by atoms with E-state index in [0.717, 1.165) is 35.6 Å². The van der Waals surface area contributed by atoms with Gasteiger partial charge in [-0.25, -0.2) is 10.2 Å². The Morgan fingerprint density at radius 1 is 1.12 bits per heavy atom. The van der Waals surface area contributed by atoms with E-state index in [0.29, 0.717) is 15.9 Å². The van der Waals surface area contributed by atoms with Crippen molar-refractivity contribution >= 4 is 34.6 Å². The number of carbonyl (C=O) groups is 2. The number of carboxylic acid groups (broad SMARTS) is 1. The Kier molecular flexibility index (Phi) is 8.13. The molecular weight excluding hydrogens is 479 g/mol. The fraction of sp³-hybridized carbons (Fsp3) is 0.0952. The first kappa shape index (κ1) is 26.5. The summed E-state index contributed by atoms with van der Waals surface area (Å²) >= 11 is 1.09. The number of amides is 1. The number of quaternary nitrogens is 1. The molecule has 180 valence electrons. The second kappa shape index (κ2) is 10.4. The number of benzene rings is 2. The molecule has 3 aromatic rings. The summed E-state index contributed by atoms with van der Waals surface area (Å²) in [6, 6.07) is 7.79. The second-order valence-corrected chi connectivity index (χ2v) is 7.65. The molecule has 3 rings (SSSR count). The van der Waals surface area contributed by atoms with Gasteiger partial charge < -0.3 is 26.4 Å². The predicted molar refractivity (Wildman–Crippen MR) is 118 cm³/mol. The van der Waals surface area contributed by atoms with E-state index >= 15 is 0 Å². The summed E-state index contributed by atoms with van der Waals surface area (Å²) in [5.41, 5.74) is 2.21. The molecule has 0 radical (unpaired) electrons. The number of hydrazone groups is 1. The van der Waals surface area contributed by atoms with E-state index in [1.54, 1.807) is 5.38 Å². The van der Waals surface area contributed by atoms with Gasteiger partial charge in [0.25, 0.3) is 5.91 Å². The van der Waals surface area contributed by atoms with Gasteiger partial charge >= 0.3 is 12.1 Å². The molecule has 1 heterocycles. The van der Waals surface area contributed by atoms with Crippen LogP contribution in [0.25, 0.3) is 10.4 Å². The highest BCUT2D eigenvalue weighted by atomic mass is 32.1. The monoisotopic (exact) mass is 497 g/mol.